The summed E-state index contributed by atoms with van der Waals surface area (Å²) in [7, 11) is 0. The number of hydrogen-bond donors (Lipinski definition) is 2. The Morgan fingerprint density at radius 3 is 2.38 bits per heavy atom. The van der Waals surface area contributed by atoms with E-state index in [0.717, 1.165) is 30.3 Å². The highest BCUT2D eigenvalue weighted by molar-refractivity contribution is 5.96. The van der Waals surface area contributed by atoms with Gasteiger partial charge in [-0.3, -0.25) is 9.78 Å². The number of anilines is 1. The zero-order valence-electron chi connectivity index (χ0n) is 20.1. The van der Waals surface area contributed by atoms with E-state index in [-0.39, 0.29) is 44.8 Å². The molecule has 0 fully saturated rings. The third-order valence-electron chi connectivity index (χ3n) is 5.63. The lowest BCUT2D eigenvalue weighted by Crippen LogP contribution is -2.08. The quantitative estimate of drug-likeness (QED) is 0.247. The highest BCUT2D eigenvalue weighted by Gasteiger charge is 2.32. The number of nitrogens with one attached hydrogen (secondary N) is 1. The molecule has 4 rings (SSSR count). The Hall–Kier alpha value is -4.80. The van der Waals surface area contributed by atoms with Gasteiger partial charge in [0, 0.05) is 47.8 Å². The van der Waals surface area contributed by atoms with Crippen molar-refractivity contribution in [2.75, 3.05) is 5.32 Å². The molecule has 1 aromatic heterocycles. The third-order valence-corrected chi connectivity index (χ3v) is 5.63. The van der Waals surface area contributed by atoms with Crippen LogP contribution in [0, 0.1) is 11.6 Å². The molecule has 0 saturated carbocycles. The topological polar surface area (TPSA) is 88.5 Å². The Balaban J connectivity index is 1.87. The molecule has 1 heterocycles. The first-order valence-corrected chi connectivity index (χ1v) is 11.3. The van der Waals surface area contributed by atoms with E-state index in [2.05, 4.69) is 10.3 Å². The van der Waals surface area contributed by atoms with Crippen molar-refractivity contribution in [1.29, 1.82) is 0 Å². The molecule has 200 valence electrons. The van der Waals surface area contributed by atoms with Crippen LogP contribution in [0.4, 0.5) is 27.6 Å². The van der Waals surface area contributed by atoms with Crippen LogP contribution < -0.4 is 10.1 Å². The molecule has 11 heteroatoms. The summed E-state index contributed by atoms with van der Waals surface area (Å²) in [4.78, 5) is 27.4. The van der Waals surface area contributed by atoms with Gasteiger partial charge < -0.3 is 15.2 Å². The molecule has 0 aliphatic carbocycles. The van der Waals surface area contributed by atoms with Crippen molar-refractivity contribution in [3.05, 3.63) is 101 Å². The van der Waals surface area contributed by atoms with Gasteiger partial charge in [0.1, 0.15) is 24.0 Å². The monoisotopic (exact) mass is 542 g/mol. The summed E-state index contributed by atoms with van der Waals surface area (Å²) in [5, 5.41) is 12.1. The van der Waals surface area contributed by atoms with Crippen LogP contribution >= 0.6 is 0 Å². The molecule has 0 aliphatic rings. The molecule has 2 N–H and O–H groups in total. The van der Waals surface area contributed by atoms with E-state index in [0.29, 0.717) is 6.07 Å². The van der Waals surface area contributed by atoms with Crippen molar-refractivity contribution >= 4 is 17.6 Å². The zero-order chi connectivity index (χ0) is 28.3. The van der Waals surface area contributed by atoms with Crippen molar-refractivity contribution in [3.8, 4) is 28.0 Å². The second-order valence-electron chi connectivity index (χ2n) is 8.44. The smallest absolute Gasteiger partial charge is 0.416 e. The molecule has 0 spiro atoms. The number of ether oxygens (including phenoxy) is 1. The highest BCUT2D eigenvalue weighted by Crippen LogP contribution is 2.41. The van der Waals surface area contributed by atoms with E-state index < -0.39 is 41.9 Å². The molecule has 0 aliphatic heterocycles. The van der Waals surface area contributed by atoms with Gasteiger partial charge in [-0.2, -0.15) is 13.2 Å². The number of alkyl halides is 3. The fraction of sp³-hybridized carbons (Fsp3) is 0.107. The number of rotatable bonds is 7. The average Bonchev–Trinajstić information content (AvgIpc) is 2.87. The lowest BCUT2D eigenvalue weighted by atomic mass is 9.93. The number of pyridine rings is 1. The van der Waals surface area contributed by atoms with Gasteiger partial charge >= 0.3 is 12.1 Å². The van der Waals surface area contributed by atoms with Gasteiger partial charge in [0.2, 0.25) is 5.91 Å². The number of hydrogen-bond acceptors (Lipinski definition) is 4. The van der Waals surface area contributed by atoms with E-state index in [4.69, 9.17) is 4.74 Å². The van der Waals surface area contributed by atoms with Crippen molar-refractivity contribution < 1.29 is 41.4 Å². The standard InChI is InChI=1S/C28H19F5N2O4/c1-15(36)35-21-9-17(8-18(10-21)27(37)38)22-6-7-34-13-24(22)23-11-19(28(31,32)33)3-5-26(23)39-14-16-2-4-20(29)12-25(16)30/h2-13H,14H2,1H3,(H,35,36)(H,37,38). The second kappa shape index (κ2) is 10.9. The molecule has 1 amide bonds. The van der Waals surface area contributed by atoms with E-state index in [1.807, 2.05) is 0 Å². The van der Waals surface area contributed by atoms with Gasteiger partial charge in [0.05, 0.1) is 11.1 Å². The molecule has 0 bridgehead atoms. The second-order valence-corrected chi connectivity index (χ2v) is 8.44. The number of carboxylic acid groups (broad SMARTS) is 1. The molecule has 39 heavy (non-hydrogen) atoms. The largest absolute Gasteiger partial charge is 0.488 e. The number of aromatic carboxylic acids is 1. The first-order chi connectivity index (χ1) is 18.4. The normalized spacial score (nSPS) is 11.2. The van der Waals surface area contributed by atoms with Gasteiger partial charge in [0.25, 0.3) is 0 Å². The lowest BCUT2D eigenvalue weighted by Gasteiger charge is -2.18. The van der Waals surface area contributed by atoms with Gasteiger partial charge in [-0.05, 0) is 65.7 Å². The molecule has 0 saturated heterocycles. The maximum Gasteiger partial charge on any atom is 0.416 e. The van der Waals surface area contributed by atoms with Crippen molar-refractivity contribution in [2.24, 2.45) is 0 Å². The van der Waals surface area contributed by atoms with Crippen LogP contribution in [0.25, 0.3) is 22.3 Å². The van der Waals surface area contributed by atoms with Gasteiger partial charge in [-0.25, -0.2) is 13.6 Å². The fourth-order valence-electron chi connectivity index (χ4n) is 3.88. The maximum atomic E-state index is 14.2. The molecule has 0 radical (unpaired) electrons. The van der Waals surface area contributed by atoms with E-state index in [1.165, 1.54) is 43.6 Å². The van der Waals surface area contributed by atoms with Gasteiger partial charge in [0.15, 0.2) is 0 Å². The minimum atomic E-state index is -4.71. The summed E-state index contributed by atoms with van der Waals surface area (Å²) in [6.07, 6.45) is -2.06. The SMILES string of the molecule is CC(=O)Nc1cc(C(=O)O)cc(-c2ccncc2-c2cc(C(F)(F)F)ccc2OCc2ccc(F)cc2F)c1. The third kappa shape index (κ3) is 6.38. The summed E-state index contributed by atoms with van der Waals surface area (Å²) in [6.45, 7) is 0.822. The van der Waals surface area contributed by atoms with Crippen LogP contribution in [0.2, 0.25) is 0 Å². The Morgan fingerprint density at radius 1 is 0.949 bits per heavy atom. The fourth-order valence-corrected chi connectivity index (χ4v) is 3.88. The Kier molecular flexibility index (Phi) is 7.61. The Labute approximate surface area is 218 Å². The number of benzene rings is 3. The van der Waals surface area contributed by atoms with Gasteiger partial charge in [-0.15, -0.1) is 0 Å². The molecule has 6 nitrogen and oxygen atoms in total. The first-order valence-electron chi connectivity index (χ1n) is 11.3. The van der Waals surface area contributed by atoms with Crippen LogP contribution in [0.5, 0.6) is 5.75 Å². The number of carbonyl (C=O) groups excluding carboxylic acids is 1. The summed E-state index contributed by atoms with van der Waals surface area (Å²) in [6, 6.07) is 11.0. The molecular formula is C28H19F5N2O4. The number of amides is 1. The maximum absolute atomic E-state index is 14.2. The Morgan fingerprint density at radius 2 is 1.72 bits per heavy atom. The van der Waals surface area contributed by atoms with Crippen LogP contribution in [0.15, 0.2) is 73.1 Å². The predicted molar refractivity (Wildman–Crippen MR) is 132 cm³/mol. The van der Waals surface area contributed by atoms with Crippen LogP contribution in [0.1, 0.15) is 28.4 Å². The molecule has 4 aromatic rings. The average molecular weight is 542 g/mol. The summed E-state index contributed by atoms with van der Waals surface area (Å²) in [5.74, 6) is -3.49. The summed E-state index contributed by atoms with van der Waals surface area (Å²) < 4.78 is 74.1. The minimum Gasteiger partial charge on any atom is -0.488 e. The summed E-state index contributed by atoms with van der Waals surface area (Å²) >= 11 is 0. The van der Waals surface area contributed by atoms with Crippen LogP contribution in [-0.4, -0.2) is 22.0 Å². The number of halogens is 5. The van der Waals surface area contributed by atoms with E-state index >= 15 is 0 Å². The number of carbonyl (C=O) groups is 2. The molecular weight excluding hydrogens is 523 g/mol. The number of aromatic nitrogens is 1. The van der Waals surface area contributed by atoms with Gasteiger partial charge in [-0.1, -0.05) is 0 Å². The highest BCUT2D eigenvalue weighted by atomic mass is 19.4. The zero-order valence-corrected chi connectivity index (χ0v) is 20.1. The molecule has 0 atom stereocenters. The van der Waals surface area contributed by atoms with Crippen molar-refractivity contribution in [1.82, 2.24) is 4.98 Å². The van der Waals surface area contributed by atoms with E-state index in [9.17, 15) is 36.6 Å². The minimum absolute atomic E-state index is 0.0252. The van der Waals surface area contributed by atoms with Crippen molar-refractivity contribution in [3.63, 3.8) is 0 Å². The van der Waals surface area contributed by atoms with Crippen LogP contribution in [-0.2, 0) is 17.6 Å². The van der Waals surface area contributed by atoms with Crippen molar-refractivity contribution in [2.45, 2.75) is 19.7 Å². The van der Waals surface area contributed by atoms with Crippen LogP contribution in [0.3, 0.4) is 0 Å². The van der Waals surface area contributed by atoms with E-state index in [1.54, 1.807) is 0 Å². The number of carboxylic acids is 1. The molecule has 3 aromatic carbocycles. The number of nitrogens with zero attached hydrogens (tertiary/aromatic N) is 1. The lowest BCUT2D eigenvalue weighted by molar-refractivity contribution is -0.137. The summed E-state index contributed by atoms with van der Waals surface area (Å²) in [5.41, 5.74) is -0.389. The molecule has 0 unspecified atom stereocenters. The first kappa shape index (κ1) is 27.2. The predicted octanol–water partition coefficient (Wildman–Crippen LogP) is 6.95. The Bertz CT molecular complexity index is 1570.